The van der Waals surface area contributed by atoms with E-state index in [2.05, 4.69) is 15.0 Å². The molecule has 0 bridgehead atoms. The second-order valence-corrected chi connectivity index (χ2v) is 7.70. The first-order valence-electron chi connectivity index (χ1n) is 15.1. The van der Waals surface area contributed by atoms with Crippen molar-refractivity contribution < 1.29 is 40.7 Å². The lowest BCUT2D eigenvalue weighted by molar-refractivity contribution is -0.134. The maximum absolute atomic E-state index is 14.3. The lowest BCUT2D eigenvalue weighted by Gasteiger charge is -2.32. The highest BCUT2D eigenvalue weighted by Crippen LogP contribution is 2.28. The Morgan fingerprint density at radius 2 is 2.23 bits per heavy atom. The Morgan fingerprint density at radius 3 is 2.91 bits per heavy atom. The molecule has 0 spiro atoms. The van der Waals surface area contributed by atoms with E-state index in [0.717, 1.165) is 11.3 Å². The number of carboxylic acids is 2. The first-order chi connectivity index (χ1) is 21.5. The van der Waals surface area contributed by atoms with Gasteiger partial charge in [0.2, 0.25) is 0 Å². The van der Waals surface area contributed by atoms with Crippen LogP contribution in [-0.4, -0.2) is 61.1 Å². The fraction of sp³-hybridized carbons (Fsp3) is 0.273. The Balaban J connectivity index is 0.000000665. The summed E-state index contributed by atoms with van der Waals surface area (Å²) >= 11 is 6.75. The normalized spacial score (nSPS) is 26.2. The Hall–Kier alpha value is -3.66. The van der Waals surface area contributed by atoms with Crippen molar-refractivity contribution in [2.75, 3.05) is 18.4 Å². The highest BCUT2D eigenvalue weighted by atomic mass is 35.5. The van der Waals surface area contributed by atoms with Crippen LogP contribution in [-0.2, 0) is 16.1 Å². The van der Waals surface area contributed by atoms with Crippen LogP contribution in [0, 0.1) is 17.1 Å². The number of aromatic nitrogens is 3. The zero-order valence-electron chi connectivity index (χ0n) is 29.1. The van der Waals surface area contributed by atoms with Gasteiger partial charge in [-0.2, -0.15) is 5.26 Å². The van der Waals surface area contributed by atoms with E-state index in [1.54, 1.807) is 0 Å². The van der Waals surface area contributed by atoms with E-state index >= 15 is 0 Å². The van der Waals surface area contributed by atoms with Crippen LogP contribution < -0.4 is 5.31 Å². The van der Waals surface area contributed by atoms with E-state index in [4.69, 9.17) is 38.3 Å². The summed E-state index contributed by atoms with van der Waals surface area (Å²) in [4.78, 5) is 31.0. The van der Waals surface area contributed by atoms with Gasteiger partial charge in [0.15, 0.2) is 11.7 Å². The van der Waals surface area contributed by atoms with Gasteiger partial charge in [-0.05, 0) is 30.4 Å². The van der Waals surface area contributed by atoms with Crippen molar-refractivity contribution in [1.82, 2.24) is 19.9 Å². The molecule has 1 atom stereocenters. The summed E-state index contributed by atoms with van der Waals surface area (Å²) < 4.78 is 115. The van der Waals surface area contributed by atoms with E-state index in [0.29, 0.717) is 12.2 Å². The molecule has 3 N–H and O–H groups in total. The third-order valence-electron chi connectivity index (χ3n) is 3.74. The minimum atomic E-state index is -3.44. The number of likely N-dealkylation sites (tertiary alicyclic amines) is 1. The zero-order valence-corrected chi connectivity index (χ0v) is 18.7. The molecule has 35 heavy (non-hydrogen) atoms. The molecule has 10 nitrogen and oxygen atoms in total. The van der Waals surface area contributed by atoms with Gasteiger partial charge in [0.25, 0.3) is 0 Å². The van der Waals surface area contributed by atoms with E-state index in [-0.39, 0.29) is 25.0 Å². The van der Waals surface area contributed by atoms with Crippen molar-refractivity contribution >= 4 is 51.0 Å². The molecule has 0 aliphatic carbocycles. The van der Waals surface area contributed by atoms with E-state index < -0.39 is 97.5 Å². The molecule has 3 aromatic rings. The van der Waals surface area contributed by atoms with Crippen molar-refractivity contribution in [2.24, 2.45) is 0 Å². The average molecular weight is 531 g/mol. The van der Waals surface area contributed by atoms with E-state index in [9.17, 15) is 19.2 Å². The Labute approximate surface area is 225 Å². The SMILES string of the molecule is O=C(O)/C=C\C(=O)O.[2H]c1nc(N([2H])C2([2H])CCN(C([2H])([2H])c3c([2H])c([2H])c(F)c(C#N)c3[2H])C([2H])([2H])C2([2H])[2H])c2nc(Cl)sc2n1. The van der Waals surface area contributed by atoms with Crippen molar-refractivity contribution in [2.45, 2.75) is 25.3 Å². The monoisotopic (exact) mass is 530 g/mol. The van der Waals surface area contributed by atoms with Crippen LogP contribution >= 0.6 is 22.9 Å². The Kier molecular flexibility index (Phi) is 4.88. The molecule has 2 aromatic heterocycles. The second kappa shape index (κ2) is 12.2. The third kappa shape index (κ3) is 7.68. The standard InChI is InChI=1S/C18H16ClFN6S.C4H4O4/c19-18-25-15-16(22-10-23-17(15)27-18)24-13-3-5-26(6-4-13)9-11-1-2-14(20)12(7-11)8-21;5-3(6)1-2-4(7)8/h1-2,7,10,13H,3-6,9H2,(H,22,23,24);1-2H,(H,5,6)(H,7,8)/b;2-1-/i1D,2D,3D2,5D2,7D,9D2,10D,13D;/hD. The number of hydrogen-bond donors (Lipinski definition) is 3. The number of nitrogens with zero attached hydrogens (tertiary/aromatic N) is 5. The average Bonchev–Trinajstić information content (AvgIpc) is 3.33. The Morgan fingerprint density at radius 1 is 1.49 bits per heavy atom. The number of piperidine rings is 1. The van der Waals surface area contributed by atoms with Crippen LogP contribution in [0.25, 0.3) is 10.3 Å². The Bertz CT molecular complexity index is 1830. The van der Waals surface area contributed by atoms with Crippen LogP contribution in [0.2, 0.25) is 5.88 Å². The predicted octanol–water partition coefficient (Wildman–Crippen LogP) is 3.54. The van der Waals surface area contributed by atoms with Crippen molar-refractivity contribution in [3.8, 4) is 6.07 Å². The molecule has 1 saturated heterocycles. The molecule has 13 heteroatoms. The number of carbonyl (C=O) groups is 2. The van der Waals surface area contributed by atoms with Gasteiger partial charge >= 0.3 is 11.9 Å². The number of thiazole rings is 1. The van der Waals surface area contributed by atoms with Crippen LogP contribution in [0.4, 0.5) is 10.2 Å². The quantitative estimate of drug-likeness (QED) is 0.403. The summed E-state index contributed by atoms with van der Waals surface area (Å²) in [5.74, 6) is -4.54. The number of halogens is 2. The smallest absolute Gasteiger partial charge is 0.328 e. The van der Waals surface area contributed by atoms with Crippen LogP contribution in [0.3, 0.4) is 0 Å². The summed E-state index contributed by atoms with van der Waals surface area (Å²) in [7, 11) is 0. The second-order valence-electron chi connectivity index (χ2n) is 6.14. The van der Waals surface area contributed by atoms with Gasteiger partial charge in [-0.1, -0.05) is 29.0 Å². The zero-order chi connectivity index (χ0) is 36.0. The molecule has 1 aliphatic rings. The number of aliphatic carboxylic acids is 2. The molecule has 1 aromatic carbocycles. The van der Waals surface area contributed by atoms with Crippen molar-refractivity contribution in [1.29, 1.82) is 5.26 Å². The molecule has 1 fully saturated rings. The van der Waals surface area contributed by atoms with Gasteiger partial charge < -0.3 is 15.5 Å². The lowest BCUT2D eigenvalue weighted by Crippen LogP contribution is -2.38. The largest absolute Gasteiger partial charge is 0.478 e. The molecule has 182 valence electrons. The summed E-state index contributed by atoms with van der Waals surface area (Å²) in [6.45, 7) is -7.45. The maximum Gasteiger partial charge on any atom is 0.328 e. The summed E-state index contributed by atoms with van der Waals surface area (Å²) in [5.41, 5.74) is -2.20. The number of anilines is 1. The number of nitriles is 1. The maximum atomic E-state index is 14.3. The number of nitrogens with one attached hydrogen (secondary N) is 1. The van der Waals surface area contributed by atoms with Crippen molar-refractivity contribution in [3.05, 3.63) is 58.0 Å². The van der Waals surface area contributed by atoms with Crippen molar-refractivity contribution in [3.63, 3.8) is 0 Å². The van der Waals surface area contributed by atoms with Gasteiger partial charge in [0, 0.05) is 45.9 Å². The molecule has 0 saturated carbocycles. The van der Waals surface area contributed by atoms with Crippen LogP contribution in [0.15, 0.2) is 36.6 Å². The summed E-state index contributed by atoms with van der Waals surface area (Å²) in [6, 6.07) is -4.91. The first kappa shape index (κ1) is 14.0. The number of benzene rings is 1. The van der Waals surface area contributed by atoms with Gasteiger partial charge in [-0.15, -0.1) is 0 Å². The molecular weight excluding hydrogens is 499 g/mol. The minimum absolute atomic E-state index is 0.0397. The molecule has 3 heterocycles. The number of carboxylic acid groups (broad SMARTS) is 2. The van der Waals surface area contributed by atoms with E-state index in [1.807, 2.05) is 0 Å². The summed E-state index contributed by atoms with van der Waals surface area (Å²) in [6.07, 6.45) is -3.65. The number of fused-ring (bicyclic) bond motifs is 1. The highest BCUT2D eigenvalue weighted by Gasteiger charge is 2.21. The van der Waals surface area contributed by atoms with E-state index in [1.165, 1.54) is 6.07 Å². The van der Waals surface area contributed by atoms with Crippen LogP contribution in [0.1, 0.15) is 39.0 Å². The topological polar surface area (TPSA) is 152 Å². The lowest BCUT2D eigenvalue weighted by atomic mass is 10.0. The fourth-order valence-electron chi connectivity index (χ4n) is 2.32. The third-order valence-corrected chi connectivity index (χ3v) is 4.80. The summed E-state index contributed by atoms with van der Waals surface area (Å²) in [5, 5.41) is 25.1. The molecule has 0 amide bonds. The predicted molar refractivity (Wildman–Crippen MR) is 128 cm³/mol. The molecule has 1 unspecified atom stereocenters. The molecule has 0 radical (unpaired) electrons. The fourth-order valence-corrected chi connectivity index (χ4v) is 3.24. The van der Waals surface area contributed by atoms with Gasteiger partial charge in [0.05, 0.1) is 11.0 Å². The minimum Gasteiger partial charge on any atom is -0.478 e. The highest BCUT2D eigenvalue weighted by molar-refractivity contribution is 7.21. The van der Waals surface area contributed by atoms with Gasteiger partial charge in [0.1, 0.15) is 29.9 Å². The van der Waals surface area contributed by atoms with Gasteiger partial charge in [-0.3, -0.25) is 4.90 Å². The molecular formula is C22H20ClFN6O4S. The van der Waals surface area contributed by atoms with Crippen LogP contribution in [0.5, 0.6) is 0 Å². The molecule has 1 aliphatic heterocycles. The molecule has 4 rings (SSSR count). The number of hydrogen-bond acceptors (Lipinski definition) is 9. The number of rotatable bonds is 6. The first-order valence-corrected chi connectivity index (χ1v) is 10.4. The van der Waals surface area contributed by atoms with Gasteiger partial charge in [-0.25, -0.2) is 28.9 Å².